The fourth-order valence-corrected chi connectivity index (χ4v) is 1.79. The van der Waals surface area contributed by atoms with Gasteiger partial charge in [0.1, 0.15) is 11.6 Å². The zero-order valence-corrected chi connectivity index (χ0v) is 12.1. The minimum Gasteiger partial charge on any atom is -0.496 e. The Balaban J connectivity index is 2.69. The number of carbonyl (C=O) groups is 1. The van der Waals surface area contributed by atoms with Gasteiger partial charge in [0.2, 0.25) is 0 Å². The van der Waals surface area contributed by atoms with Gasteiger partial charge in [-0.25, -0.2) is 4.39 Å². The van der Waals surface area contributed by atoms with Crippen LogP contribution in [0.2, 0.25) is 0 Å². The highest BCUT2D eigenvalue weighted by atomic mass is 19.1. The van der Waals surface area contributed by atoms with E-state index in [1.807, 2.05) is 11.9 Å². The molecule has 0 N–H and O–H groups in total. The van der Waals surface area contributed by atoms with Crippen LogP contribution in [0.5, 0.6) is 5.75 Å². The third-order valence-corrected chi connectivity index (χ3v) is 2.96. The van der Waals surface area contributed by atoms with Crippen molar-refractivity contribution >= 4 is 5.78 Å². The van der Waals surface area contributed by atoms with Crippen molar-refractivity contribution < 1.29 is 13.9 Å². The van der Waals surface area contributed by atoms with E-state index >= 15 is 0 Å². The number of benzene rings is 1. The van der Waals surface area contributed by atoms with Gasteiger partial charge >= 0.3 is 0 Å². The normalized spacial score (nSPS) is 11.1. The monoisotopic (exact) mass is 267 g/mol. The second-order valence-corrected chi connectivity index (χ2v) is 5.19. The van der Waals surface area contributed by atoms with E-state index in [0.717, 1.165) is 13.0 Å². The third-order valence-electron chi connectivity index (χ3n) is 2.96. The Morgan fingerprint density at radius 1 is 1.42 bits per heavy atom. The molecule has 0 aliphatic heterocycles. The molecule has 19 heavy (non-hydrogen) atoms. The van der Waals surface area contributed by atoms with E-state index < -0.39 is 5.82 Å². The molecule has 0 spiro atoms. The van der Waals surface area contributed by atoms with Crippen molar-refractivity contribution in [1.29, 1.82) is 0 Å². The number of nitrogens with zero attached hydrogens (tertiary/aromatic N) is 1. The number of rotatable bonds is 7. The van der Waals surface area contributed by atoms with Gasteiger partial charge in [0.05, 0.1) is 19.2 Å². The Kier molecular flexibility index (Phi) is 5.96. The molecule has 1 aromatic carbocycles. The summed E-state index contributed by atoms with van der Waals surface area (Å²) < 4.78 is 18.3. The summed E-state index contributed by atoms with van der Waals surface area (Å²) in [5, 5.41) is 0. The quantitative estimate of drug-likeness (QED) is 0.711. The van der Waals surface area contributed by atoms with Gasteiger partial charge in [-0.05, 0) is 44.1 Å². The lowest BCUT2D eigenvalue weighted by Crippen LogP contribution is -2.28. The lowest BCUT2D eigenvalue weighted by Gasteiger charge is -2.17. The van der Waals surface area contributed by atoms with Crippen LogP contribution in [-0.4, -0.2) is 37.9 Å². The molecule has 0 radical (unpaired) electrons. The van der Waals surface area contributed by atoms with Crippen molar-refractivity contribution in [3.8, 4) is 5.75 Å². The summed E-state index contributed by atoms with van der Waals surface area (Å²) in [4.78, 5) is 14.1. The molecule has 0 aliphatic carbocycles. The number of Topliss-reactive ketones (excluding diaryl/α,β-unsaturated/α-hetero) is 1. The summed E-state index contributed by atoms with van der Waals surface area (Å²) in [6.07, 6.45) is 1.03. The fraction of sp³-hybridized carbons (Fsp3) is 0.533. The second kappa shape index (κ2) is 7.24. The highest BCUT2D eigenvalue weighted by Crippen LogP contribution is 2.20. The lowest BCUT2D eigenvalue weighted by molar-refractivity contribution is 0.0940. The molecule has 0 aliphatic rings. The van der Waals surface area contributed by atoms with Gasteiger partial charge < -0.3 is 4.74 Å². The Bertz CT molecular complexity index is 432. The molecule has 0 atom stereocenters. The largest absolute Gasteiger partial charge is 0.496 e. The summed E-state index contributed by atoms with van der Waals surface area (Å²) in [5.74, 6) is 0.474. The zero-order chi connectivity index (χ0) is 14.4. The number of likely N-dealkylation sites (N-methyl/N-ethyl adjacent to an activating group) is 1. The average Bonchev–Trinajstić information content (AvgIpc) is 2.36. The fourth-order valence-electron chi connectivity index (χ4n) is 1.79. The average molecular weight is 267 g/mol. The number of hydrogen-bond acceptors (Lipinski definition) is 3. The molecule has 0 bridgehead atoms. The van der Waals surface area contributed by atoms with Gasteiger partial charge in [-0.3, -0.25) is 9.69 Å². The molecule has 0 unspecified atom stereocenters. The van der Waals surface area contributed by atoms with Crippen molar-refractivity contribution in [2.24, 2.45) is 5.92 Å². The van der Waals surface area contributed by atoms with E-state index in [-0.39, 0.29) is 12.3 Å². The number of carbonyl (C=O) groups excluding carboxylic acids is 1. The van der Waals surface area contributed by atoms with Gasteiger partial charge in [-0.1, -0.05) is 13.8 Å². The van der Waals surface area contributed by atoms with Crippen LogP contribution in [0.4, 0.5) is 4.39 Å². The summed E-state index contributed by atoms with van der Waals surface area (Å²) in [7, 11) is 3.37. The highest BCUT2D eigenvalue weighted by molar-refractivity contribution is 6.00. The first kappa shape index (κ1) is 15.6. The van der Waals surface area contributed by atoms with Crippen LogP contribution >= 0.6 is 0 Å². The third kappa shape index (κ3) is 4.99. The van der Waals surface area contributed by atoms with Gasteiger partial charge in [-0.2, -0.15) is 0 Å². The van der Waals surface area contributed by atoms with Crippen molar-refractivity contribution in [2.75, 3.05) is 27.2 Å². The minimum atomic E-state index is -0.422. The summed E-state index contributed by atoms with van der Waals surface area (Å²) >= 11 is 0. The van der Waals surface area contributed by atoms with Crippen LogP contribution < -0.4 is 4.74 Å². The van der Waals surface area contributed by atoms with E-state index in [1.54, 1.807) is 0 Å². The van der Waals surface area contributed by atoms with E-state index in [2.05, 4.69) is 13.8 Å². The van der Waals surface area contributed by atoms with Crippen molar-refractivity contribution in [2.45, 2.75) is 20.3 Å². The Hall–Kier alpha value is -1.42. The summed E-state index contributed by atoms with van der Waals surface area (Å²) in [5.41, 5.74) is 0.305. The molecule has 0 aromatic heterocycles. The molecule has 0 saturated carbocycles. The highest BCUT2D eigenvalue weighted by Gasteiger charge is 2.15. The molecule has 0 heterocycles. The zero-order valence-electron chi connectivity index (χ0n) is 12.1. The smallest absolute Gasteiger partial charge is 0.180 e. The number of ether oxygens (including phenoxy) is 1. The van der Waals surface area contributed by atoms with Crippen molar-refractivity contribution in [1.82, 2.24) is 4.90 Å². The molecule has 3 nitrogen and oxygen atoms in total. The topological polar surface area (TPSA) is 29.5 Å². The maximum Gasteiger partial charge on any atom is 0.180 e. The van der Waals surface area contributed by atoms with E-state index in [1.165, 1.54) is 25.3 Å². The number of methoxy groups -OCH3 is 1. The second-order valence-electron chi connectivity index (χ2n) is 5.19. The number of hydrogen-bond donors (Lipinski definition) is 0. The van der Waals surface area contributed by atoms with Crippen LogP contribution in [0.1, 0.15) is 30.6 Å². The molecular weight excluding hydrogens is 245 g/mol. The standard InChI is InChI=1S/C15H22FNO2/c1-11(2)7-8-17(3)10-14(18)13-9-12(16)5-6-15(13)19-4/h5-6,9,11H,7-8,10H2,1-4H3. The van der Waals surface area contributed by atoms with Crippen LogP contribution in [0.15, 0.2) is 18.2 Å². The predicted octanol–water partition coefficient (Wildman–Crippen LogP) is 2.99. The van der Waals surface area contributed by atoms with Crippen LogP contribution in [0.3, 0.4) is 0 Å². The van der Waals surface area contributed by atoms with Crippen LogP contribution in [0, 0.1) is 11.7 Å². The van der Waals surface area contributed by atoms with Crippen molar-refractivity contribution in [3.63, 3.8) is 0 Å². The van der Waals surface area contributed by atoms with Gasteiger partial charge in [0, 0.05) is 0 Å². The van der Waals surface area contributed by atoms with E-state index in [0.29, 0.717) is 17.2 Å². The van der Waals surface area contributed by atoms with Crippen LogP contribution in [-0.2, 0) is 0 Å². The molecule has 0 fully saturated rings. The van der Waals surface area contributed by atoms with Gasteiger partial charge in [0.15, 0.2) is 5.78 Å². The minimum absolute atomic E-state index is 0.123. The van der Waals surface area contributed by atoms with Crippen molar-refractivity contribution in [3.05, 3.63) is 29.6 Å². The summed E-state index contributed by atoms with van der Waals surface area (Å²) in [6.45, 7) is 5.41. The van der Waals surface area contributed by atoms with Gasteiger partial charge in [-0.15, -0.1) is 0 Å². The molecule has 1 rings (SSSR count). The first-order valence-corrected chi connectivity index (χ1v) is 6.49. The maximum atomic E-state index is 13.2. The lowest BCUT2D eigenvalue weighted by atomic mass is 10.1. The first-order chi connectivity index (χ1) is 8.93. The molecule has 0 saturated heterocycles. The first-order valence-electron chi connectivity index (χ1n) is 6.49. The predicted molar refractivity (Wildman–Crippen MR) is 74.2 cm³/mol. The SMILES string of the molecule is COc1ccc(F)cc1C(=O)CN(C)CCC(C)C. The van der Waals surface area contributed by atoms with E-state index in [4.69, 9.17) is 4.74 Å². The maximum absolute atomic E-state index is 13.2. The Labute approximate surface area is 114 Å². The molecular formula is C15H22FNO2. The van der Waals surface area contributed by atoms with Crippen LogP contribution in [0.25, 0.3) is 0 Å². The van der Waals surface area contributed by atoms with E-state index in [9.17, 15) is 9.18 Å². The molecule has 4 heteroatoms. The van der Waals surface area contributed by atoms with Gasteiger partial charge in [0.25, 0.3) is 0 Å². The Morgan fingerprint density at radius 2 is 2.11 bits per heavy atom. The Morgan fingerprint density at radius 3 is 2.68 bits per heavy atom. The molecule has 106 valence electrons. The molecule has 0 amide bonds. The molecule has 1 aromatic rings. The number of ketones is 1. The summed E-state index contributed by atoms with van der Waals surface area (Å²) in [6, 6.07) is 4.01. The number of halogens is 1.